The zero-order valence-electron chi connectivity index (χ0n) is 14.4. The van der Waals surface area contributed by atoms with Crippen LogP contribution in [0.15, 0.2) is 24.3 Å². The highest BCUT2D eigenvalue weighted by molar-refractivity contribution is 6.00. The van der Waals surface area contributed by atoms with Gasteiger partial charge in [-0.2, -0.15) is 0 Å². The normalized spacial score (nSPS) is 27.1. The van der Waals surface area contributed by atoms with E-state index < -0.39 is 0 Å². The first kappa shape index (κ1) is 14.6. The van der Waals surface area contributed by atoms with E-state index in [2.05, 4.69) is 32.7 Å². The quantitative estimate of drug-likeness (QED) is 0.919. The van der Waals surface area contributed by atoms with Gasteiger partial charge in [0.05, 0.1) is 7.11 Å². The topological polar surface area (TPSA) is 45.3 Å². The molecule has 2 fully saturated rings. The zero-order chi connectivity index (χ0) is 16.6. The van der Waals surface area contributed by atoms with E-state index >= 15 is 0 Å². The second-order valence-corrected chi connectivity index (χ2v) is 8.08. The van der Waals surface area contributed by atoms with Crippen molar-refractivity contribution in [1.82, 2.24) is 9.88 Å². The maximum absolute atomic E-state index is 13.1. The molecule has 4 nitrogen and oxygen atoms in total. The number of aromatic amines is 1. The summed E-state index contributed by atoms with van der Waals surface area (Å²) in [5, 5.41) is 0.959. The molecular formula is C19H24N2O2. The van der Waals surface area contributed by atoms with Crippen LogP contribution in [0, 0.1) is 17.3 Å². The number of H-pyrrole nitrogens is 1. The molecule has 1 aromatic carbocycles. The van der Waals surface area contributed by atoms with E-state index in [0.29, 0.717) is 22.9 Å². The molecule has 23 heavy (non-hydrogen) atoms. The molecule has 0 bridgehead atoms. The third kappa shape index (κ3) is 1.81. The Morgan fingerprint density at radius 3 is 2.65 bits per heavy atom. The van der Waals surface area contributed by atoms with Crippen molar-refractivity contribution in [3.8, 4) is 5.75 Å². The number of fused-ring (bicyclic) bond motifs is 2. The Kier molecular flexibility index (Phi) is 2.74. The van der Waals surface area contributed by atoms with Crippen LogP contribution in [0.3, 0.4) is 0 Å². The van der Waals surface area contributed by atoms with Gasteiger partial charge >= 0.3 is 0 Å². The van der Waals surface area contributed by atoms with E-state index in [9.17, 15) is 4.79 Å². The van der Waals surface area contributed by atoms with Crippen LogP contribution in [0.1, 0.15) is 38.2 Å². The van der Waals surface area contributed by atoms with Crippen molar-refractivity contribution < 1.29 is 9.53 Å². The fourth-order valence-corrected chi connectivity index (χ4v) is 5.00. The van der Waals surface area contributed by atoms with Crippen LogP contribution in [0.4, 0.5) is 0 Å². The second-order valence-electron chi connectivity index (χ2n) is 8.08. The van der Waals surface area contributed by atoms with E-state index in [4.69, 9.17) is 4.74 Å². The van der Waals surface area contributed by atoms with E-state index in [1.807, 2.05) is 29.2 Å². The Morgan fingerprint density at radius 2 is 2.04 bits per heavy atom. The summed E-state index contributed by atoms with van der Waals surface area (Å²) >= 11 is 0. The van der Waals surface area contributed by atoms with Gasteiger partial charge in [0.25, 0.3) is 5.91 Å². The summed E-state index contributed by atoms with van der Waals surface area (Å²) in [6.45, 7) is 9.90. The number of piperidine rings is 1. The van der Waals surface area contributed by atoms with E-state index in [1.54, 1.807) is 7.11 Å². The predicted octanol–water partition coefficient (Wildman–Crippen LogP) is 3.68. The summed E-state index contributed by atoms with van der Waals surface area (Å²) in [4.78, 5) is 18.4. The number of hydrogen-bond acceptors (Lipinski definition) is 2. The monoisotopic (exact) mass is 312 g/mol. The van der Waals surface area contributed by atoms with Crippen LogP contribution in [0.2, 0.25) is 0 Å². The number of ether oxygens (including phenoxy) is 1. The molecule has 2 aromatic rings. The first-order valence-corrected chi connectivity index (χ1v) is 8.26. The van der Waals surface area contributed by atoms with Crippen LogP contribution in [0.25, 0.3) is 10.9 Å². The highest BCUT2D eigenvalue weighted by Gasteiger charge is 2.70. The third-order valence-electron chi connectivity index (χ3n) is 6.21. The molecule has 0 radical (unpaired) electrons. The van der Waals surface area contributed by atoms with E-state index in [-0.39, 0.29) is 11.4 Å². The maximum atomic E-state index is 13.1. The number of likely N-dealkylation sites (tertiary alicyclic amines) is 1. The summed E-state index contributed by atoms with van der Waals surface area (Å²) in [6, 6.07) is 7.75. The predicted molar refractivity (Wildman–Crippen MR) is 90.7 cm³/mol. The first-order valence-electron chi connectivity index (χ1n) is 8.26. The molecule has 2 heterocycles. The van der Waals surface area contributed by atoms with Gasteiger partial charge in [0.2, 0.25) is 0 Å². The van der Waals surface area contributed by atoms with Crippen molar-refractivity contribution in [2.45, 2.75) is 33.2 Å². The lowest BCUT2D eigenvalue weighted by molar-refractivity contribution is 0.0534. The maximum Gasteiger partial charge on any atom is 0.270 e. The zero-order valence-corrected chi connectivity index (χ0v) is 14.4. The number of carbonyl (C=O) groups is 1. The van der Waals surface area contributed by atoms with Crippen LogP contribution in [0.5, 0.6) is 5.75 Å². The van der Waals surface area contributed by atoms with Crippen molar-refractivity contribution in [1.29, 1.82) is 0 Å². The van der Waals surface area contributed by atoms with Gasteiger partial charge in [0, 0.05) is 23.0 Å². The van der Waals surface area contributed by atoms with Crippen molar-refractivity contribution in [2.75, 3.05) is 13.7 Å². The molecule has 1 N–H and O–H groups in total. The van der Waals surface area contributed by atoms with Crippen molar-refractivity contribution in [3.05, 3.63) is 30.0 Å². The minimum atomic E-state index is -0.0906. The van der Waals surface area contributed by atoms with Crippen LogP contribution in [-0.2, 0) is 0 Å². The number of benzene rings is 1. The van der Waals surface area contributed by atoms with E-state index in [0.717, 1.165) is 23.2 Å². The SMILES string of the molecule is COc1cccc2[nH]c(C(=O)N3CC4C(C4(C)C)C3(C)C)cc12. The number of carbonyl (C=O) groups excluding carboxylic acids is 1. The van der Waals surface area contributed by atoms with Gasteiger partial charge in [-0.25, -0.2) is 0 Å². The third-order valence-corrected chi connectivity index (χ3v) is 6.21. The highest BCUT2D eigenvalue weighted by Crippen LogP contribution is 2.68. The molecule has 2 atom stereocenters. The Morgan fingerprint density at radius 1 is 1.30 bits per heavy atom. The van der Waals surface area contributed by atoms with Gasteiger partial charge < -0.3 is 14.6 Å². The fourth-order valence-electron chi connectivity index (χ4n) is 5.00. The highest BCUT2D eigenvalue weighted by atomic mass is 16.5. The number of nitrogens with one attached hydrogen (secondary N) is 1. The molecule has 2 aliphatic rings. The molecule has 4 heteroatoms. The Hall–Kier alpha value is -1.97. The average Bonchev–Trinajstić information content (AvgIpc) is 2.82. The van der Waals surface area contributed by atoms with Gasteiger partial charge in [-0.1, -0.05) is 19.9 Å². The second kappa shape index (κ2) is 4.31. The van der Waals surface area contributed by atoms with Crippen molar-refractivity contribution in [3.63, 3.8) is 0 Å². The summed E-state index contributed by atoms with van der Waals surface area (Å²) in [5.74, 6) is 2.11. The Balaban J connectivity index is 1.68. The number of methoxy groups -OCH3 is 1. The molecule has 1 aliphatic heterocycles. The number of nitrogens with zero attached hydrogens (tertiary/aromatic N) is 1. The molecule has 1 saturated carbocycles. The fraction of sp³-hybridized carbons (Fsp3) is 0.526. The van der Waals surface area contributed by atoms with Crippen LogP contribution in [-0.4, -0.2) is 35.0 Å². The lowest BCUT2D eigenvalue weighted by Gasteiger charge is -2.37. The summed E-state index contributed by atoms with van der Waals surface area (Å²) < 4.78 is 5.39. The summed E-state index contributed by atoms with van der Waals surface area (Å²) in [5.41, 5.74) is 1.86. The molecule has 0 spiro atoms. The molecule has 1 amide bonds. The largest absolute Gasteiger partial charge is 0.496 e. The minimum absolute atomic E-state index is 0.0906. The average molecular weight is 312 g/mol. The number of aromatic nitrogens is 1. The van der Waals surface area contributed by atoms with Gasteiger partial charge in [-0.05, 0) is 49.3 Å². The van der Waals surface area contributed by atoms with Gasteiger partial charge in [0.15, 0.2) is 0 Å². The van der Waals surface area contributed by atoms with Crippen molar-refractivity contribution in [2.24, 2.45) is 17.3 Å². The lowest BCUT2D eigenvalue weighted by Crippen LogP contribution is -2.48. The van der Waals surface area contributed by atoms with Gasteiger partial charge in [0.1, 0.15) is 11.4 Å². The molecule has 4 rings (SSSR count). The molecule has 1 aromatic heterocycles. The standard InChI is InChI=1S/C19H24N2O2/c1-18(2)12-10-21(19(3,4)16(12)18)17(22)14-9-11-13(20-14)7-6-8-15(11)23-5/h6-9,12,16,20H,10H2,1-5H3. The van der Waals surface area contributed by atoms with Crippen LogP contribution >= 0.6 is 0 Å². The Labute approximate surface area is 136 Å². The van der Waals surface area contributed by atoms with Gasteiger partial charge in [-0.15, -0.1) is 0 Å². The lowest BCUT2D eigenvalue weighted by atomic mass is 9.91. The number of rotatable bonds is 2. The summed E-state index contributed by atoms with van der Waals surface area (Å²) in [7, 11) is 1.66. The smallest absolute Gasteiger partial charge is 0.270 e. The molecular weight excluding hydrogens is 288 g/mol. The molecule has 2 unspecified atom stereocenters. The minimum Gasteiger partial charge on any atom is -0.496 e. The summed E-state index contributed by atoms with van der Waals surface area (Å²) in [6.07, 6.45) is 0. The molecule has 122 valence electrons. The van der Waals surface area contributed by atoms with Crippen molar-refractivity contribution >= 4 is 16.8 Å². The molecule has 1 aliphatic carbocycles. The number of amides is 1. The molecule has 1 saturated heterocycles. The Bertz CT molecular complexity index is 803. The first-order chi connectivity index (χ1) is 10.8. The van der Waals surface area contributed by atoms with Gasteiger partial charge in [-0.3, -0.25) is 4.79 Å². The number of hydrogen-bond donors (Lipinski definition) is 1. The van der Waals surface area contributed by atoms with E-state index in [1.165, 1.54) is 0 Å². The van der Waals surface area contributed by atoms with Crippen LogP contribution < -0.4 is 4.74 Å².